The number of alkyl halides is 2. The third kappa shape index (κ3) is 9.50. The quantitative estimate of drug-likeness (QED) is 0.179. The van der Waals surface area contributed by atoms with Crippen LogP contribution in [0.15, 0.2) is 59.9 Å². The molecule has 0 aliphatic heterocycles. The Morgan fingerprint density at radius 2 is 1.64 bits per heavy atom. The summed E-state index contributed by atoms with van der Waals surface area (Å²) in [5.41, 5.74) is 1.53. The molecule has 0 saturated carbocycles. The van der Waals surface area contributed by atoms with Crippen molar-refractivity contribution in [2.45, 2.75) is 46.0 Å². The highest BCUT2D eigenvalue weighted by Gasteiger charge is 2.19. The van der Waals surface area contributed by atoms with Crippen molar-refractivity contribution < 1.29 is 23.0 Å². The first-order chi connectivity index (χ1) is 17.4. The number of amides is 2. The van der Waals surface area contributed by atoms with Crippen molar-refractivity contribution >= 4 is 40.8 Å². The van der Waals surface area contributed by atoms with E-state index in [-0.39, 0.29) is 17.4 Å². The molecule has 196 valence electrons. The normalized spacial score (nSPS) is 9.83. The van der Waals surface area contributed by atoms with Gasteiger partial charge in [0.1, 0.15) is 16.7 Å². The second kappa shape index (κ2) is 16.5. The minimum absolute atomic E-state index is 0.0113. The standard InChI is InChI=1S/C21H19ClF2N4O3S.2C2H6/c1-30-16-9-5-15(6-10-16)28(12-13-11-25-20(32-2)27-18(13)22)21(29)26-14-3-7-17(8-4-14)31-19(23)24;2*1-2/h3-11,19H,12H2,1-2H3,(H,26,29);2*1-2H3. The van der Waals surface area contributed by atoms with E-state index < -0.39 is 12.6 Å². The molecule has 1 aromatic heterocycles. The van der Waals surface area contributed by atoms with Crippen molar-refractivity contribution in [3.05, 3.63) is 65.4 Å². The number of anilines is 2. The van der Waals surface area contributed by atoms with E-state index in [1.165, 1.54) is 40.9 Å². The Labute approximate surface area is 220 Å². The molecular weight excluding hydrogens is 510 g/mol. The highest BCUT2D eigenvalue weighted by Crippen LogP contribution is 2.25. The van der Waals surface area contributed by atoms with Gasteiger partial charge < -0.3 is 14.8 Å². The number of ether oxygens (including phenoxy) is 2. The van der Waals surface area contributed by atoms with Gasteiger partial charge in [0.25, 0.3) is 0 Å². The number of nitrogens with zero attached hydrogens (tertiary/aromatic N) is 3. The first-order valence-electron chi connectivity index (χ1n) is 11.2. The largest absolute Gasteiger partial charge is 0.497 e. The van der Waals surface area contributed by atoms with Crippen LogP contribution < -0.4 is 19.7 Å². The number of aromatic nitrogens is 2. The summed E-state index contributed by atoms with van der Waals surface area (Å²) in [6, 6.07) is 12.0. The average molecular weight is 541 g/mol. The molecule has 0 radical (unpaired) electrons. The van der Waals surface area contributed by atoms with E-state index in [0.29, 0.717) is 27.8 Å². The van der Waals surface area contributed by atoms with Gasteiger partial charge in [0.15, 0.2) is 5.16 Å². The second-order valence-corrected chi connectivity index (χ2v) is 7.42. The zero-order valence-corrected chi connectivity index (χ0v) is 22.7. The van der Waals surface area contributed by atoms with Gasteiger partial charge in [-0.2, -0.15) is 8.78 Å². The summed E-state index contributed by atoms with van der Waals surface area (Å²) in [7, 11) is 1.55. The molecule has 0 aliphatic rings. The highest BCUT2D eigenvalue weighted by atomic mass is 35.5. The molecule has 1 heterocycles. The Morgan fingerprint density at radius 1 is 1.06 bits per heavy atom. The van der Waals surface area contributed by atoms with Gasteiger partial charge in [-0.3, -0.25) is 4.90 Å². The molecule has 0 saturated heterocycles. The van der Waals surface area contributed by atoms with Crippen molar-refractivity contribution in [1.82, 2.24) is 9.97 Å². The molecule has 36 heavy (non-hydrogen) atoms. The van der Waals surface area contributed by atoms with Crippen molar-refractivity contribution in [2.75, 3.05) is 23.6 Å². The van der Waals surface area contributed by atoms with E-state index in [1.807, 2.05) is 34.0 Å². The molecule has 0 fully saturated rings. The molecule has 0 spiro atoms. The van der Waals surface area contributed by atoms with Gasteiger partial charge in [-0.15, -0.1) is 0 Å². The van der Waals surface area contributed by atoms with E-state index in [0.717, 1.165) is 0 Å². The Hall–Kier alpha value is -3.11. The Morgan fingerprint density at radius 3 is 2.14 bits per heavy atom. The fourth-order valence-corrected chi connectivity index (χ4v) is 3.28. The maximum absolute atomic E-state index is 13.1. The van der Waals surface area contributed by atoms with Crippen LogP contribution >= 0.6 is 23.4 Å². The summed E-state index contributed by atoms with van der Waals surface area (Å²) in [4.78, 5) is 23.0. The fraction of sp³-hybridized carbons (Fsp3) is 0.320. The molecule has 2 amide bonds. The number of carbonyl (C=O) groups excluding carboxylic acids is 1. The van der Waals surface area contributed by atoms with E-state index in [4.69, 9.17) is 16.3 Å². The van der Waals surface area contributed by atoms with Gasteiger partial charge in [0.2, 0.25) is 0 Å². The highest BCUT2D eigenvalue weighted by molar-refractivity contribution is 7.98. The van der Waals surface area contributed by atoms with E-state index >= 15 is 0 Å². The van der Waals surface area contributed by atoms with Crippen molar-refractivity contribution in [3.8, 4) is 11.5 Å². The van der Waals surface area contributed by atoms with Gasteiger partial charge in [-0.05, 0) is 54.8 Å². The topological polar surface area (TPSA) is 76.6 Å². The molecule has 7 nitrogen and oxygen atoms in total. The smallest absolute Gasteiger partial charge is 0.387 e. The van der Waals surface area contributed by atoms with Gasteiger partial charge in [0, 0.05) is 23.1 Å². The average Bonchev–Trinajstić information content (AvgIpc) is 2.91. The predicted octanol–water partition coefficient (Wildman–Crippen LogP) is 7.75. The first-order valence-corrected chi connectivity index (χ1v) is 12.8. The monoisotopic (exact) mass is 540 g/mol. The molecular formula is C25H31ClF2N4O3S. The van der Waals surface area contributed by atoms with Crippen LogP contribution in [0.5, 0.6) is 11.5 Å². The van der Waals surface area contributed by atoms with Crippen LogP contribution in [0, 0.1) is 0 Å². The molecule has 3 aromatic rings. The third-order valence-electron chi connectivity index (χ3n) is 4.26. The van der Waals surface area contributed by atoms with Crippen molar-refractivity contribution in [2.24, 2.45) is 0 Å². The SMILES string of the molecule is CC.CC.COc1ccc(N(Cc2cnc(SC)nc2Cl)C(=O)Nc2ccc(OC(F)F)cc2)cc1. The zero-order valence-electron chi connectivity index (χ0n) is 21.1. The lowest BCUT2D eigenvalue weighted by Gasteiger charge is -2.24. The molecule has 0 atom stereocenters. The molecule has 1 N–H and O–H groups in total. The second-order valence-electron chi connectivity index (χ2n) is 6.29. The molecule has 2 aromatic carbocycles. The van der Waals surface area contributed by atoms with E-state index in [2.05, 4.69) is 20.0 Å². The van der Waals surface area contributed by atoms with Gasteiger partial charge in [0.05, 0.1) is 13.7 Å². The van der Waals surface area contributed by atoms with Crippen LogP contribution in [0.2, 0.25) is 5.15 Å². The minimum atomic E-state index is -2.93. The van der Waals surface area contributed by atoms with Crippen molar-refractivity contribution in [3.63, 3.8) is 0 Å². The molecule has 0 aliphatic carbocycles. The number of nitrogens with one attached hydrogen (secondary N) is 1. The number of hydrogen-bond donors (Lipinski definition) is 1. The summed E-state index contributed by atoms with van der Waals surface area (Å²) >= 11 is 7.65. The number of carbonyl (C=O) groups is 1. The molecule has 11 heteroatoms. The zero-order chi connectivity index (χ0) is 27.1. The summed E-state index contributed by atoms with van der Waals surface area (Å²) in [5, 5.41) is 3.50. The summed E-state index contributed by atoms with van der Waals surface area (Å²) in [6.07, 6.45) is 3.40. The molecule has 0 unspecified atom stereocenters. The van der Waals surface area contributed by atoms with Crippen molar-refractivity contribution in [1.29, 1.82) is 0 Å². The van der Waals surface area contributed by atoms with Crippen LogP contribution in [-0.2, 0) is 6.54 Å². The van der Waals surface area contributed by atoms with Crippen LogP contribution in [0.4, 0.5) is 25.0 Å². The van der Waals surface area contributed by atoms with Crippen LogP contribution in [0.3, 0.4) is 0 Å². The van der Waals surface area contributed by atoms with Gasteiger partial charge >= 0.3 is 12.6 Å². The lowest BCUT2D eigenvalue weighted by atomic mass is 10.2. The lowest BCUT2D eigenvalue weighted by Crippen LogP contribution is -2.34. The maximum Gasteiger partial charge on any atom is 0.387 e. The van der Waals surface area contributed by atoms with Gasteiger partial charge in [-0.25, -0.2) is 14.8 Å². The number of methoxy groups -OCH3 is 1. The van der Waals surface area contributed by atoms with Crippen LogP contribution in [0.25, 0.3) is 0 Å². The summed E-state index contributed by atoms with van der Waals surface area (Å²) in [5.74, 6) is 0.622. The predicted molar refractivity (Wildman–Crippen MR) is 143 cm³/mol. The van der Waals surface area contributed by atoms with Crippen LogP contribution in [-0.4, -0.2) is 36.0 Å². The number of hydrogen-bond acceptors (Lipinski definition) is 6. The Kier molecular flexibility index (Phi) is 14.2. The number of thioether (sulfide) groups is 1. The Balaban J connectivity index is 0.00000154. The molecule has 3 rings (SSSR count). The van der Waals surface area contributed by atoms with E-state index in [1.54, 1.807) is 37.6 Å². The van der Waals surface area contributed by atoms with Crippen LogP contribution in [0.1, 0.15) is 33.3 Å². The fourth-order valence-electron chi connectivity index (χ4n) is 2.70. The number of halogens is 3. The number of rotatable bonds is 8. The first kappa shape index (κ1) is 30.9. The third-order valence-corrected chi connectivity index (χ3v) is 5.15. The Bertz CT molecular complexity index is 1060. The molecule has 0 bridgehead atoms. The van der Waals surface area contributed by atoms with Gasteiger partial charge in [-0.1, -0.05) is 51.1 Å². The maximum atomic E-state index is 13.1. The number of benzene rings is 2. The summed E-state index contributed by atoms with van der Waals surface area (Å²) < 4.78 is 34.2. The minimum Gasteiger partial charge on any atom is -0.497 e. The summed E-state index contributed by atoms with van der Waals surface area (Å²) in [6.45, 7) is 5.17. The van der Waals surface area contributed by atoms with E-state index in [9.17, 15) is 13.6 Å². The number of urea groups is 1. The lowest BCUT2D eigenvalue weighted by molar-refractivity contribution is -0.0498.